The average Bonchev–Trinajstić information content (AvgIpc) is 3.66. The molecule has 0 spiro atoms. The van der Waals surface area contributed by atoms with Crippen LogP contribution >= 0.6 is 69.4 Å². The number of nitriles is 2. The van der Waals surface area contributed by atoms with Crippen LogP contribution in [-0.2, 0) is 16.0 Å². The van der Waals surface area contributed by atoms with Crippen LogP contribution < -0.4 is 10.6 Å². The Hall–Kier alpha value is -4.14. The van der Waals surface area contributed by atoms with Crippen molar-refractivity contribution in [2.24, 2.45) is 0 Å². The lowest BCUT2D eigenvalue weighted by molar-refractivity contribution is -0.114. The van der Waals surface area contributed by atoms with Crippen molar-refractivity contribution in [1.29, 1.82) is 10.5 Å². The fraction of sp³-hybridized carbons (Fsp3) is 0.0909. The number of nitrogens with zero attached hydrogens (tertiary/aromatic N) is 4. The number of fused-ring (bicyclic) bond motifs is 2. The number of anilines is 2. The number of benzene rings is 4. The van der Waals surface area contributed by atoms with Gasteiger partial charge in [-0.2, -0.15) is 10.5 Å². The first-order chi connectivity index (χ1) is 22.8. The number of hydrogen-bond donors (Lipinski definition) is 2. The number of nitrogens with one attached hydrogen (secondary N) is 2. The van der Waals surface area contributed by atoms with Crippen molar-refractivity contribution < 1.29 is 9.59 Å². The van der Waals surface area contributed by atoms with Gasteiger partial charge in [-0.3, -0.25) is 9.59 Å². The maximum absolute atomic E-state index is 12.7. The minimum atomic E-state index is -0.253. The lowest BCUT2D eigenvalue weighted by Gasteiger charge is -2.11. The van der Waals surface area contributed by atoms with Crippen LogP contribution in [0.1, 0.15) is 22.3 Å². The predicted octanol–water partition coefficient (Wildman–Crippen LogP) is 9.01. The van der Waals surface area contributed by atoms with Gasteiger partial charge in [-0.25, -0.2) is 9.97 Å². The van der Waals surface area contributed by atoms with Gasteiger partial charge in [0.2, 0.25) is 11.8 Å². The highest BCUT2D eigenvalue weighted by molar-refractivity contribution is 8.02. The normalized spacial score (nSPS) is 10.9. The van der Waals surface area contributed by atoms with Crippen LogP contribution in [0.3, 0.4) is 0 Å². The molecule has 2 N–H and O–H groups in total. The molecule has 6 aromatic rings. The van der Waals surface area contributed by atoms with Crippen molar-refractivity contribution in [3.63, 3.8) is 0 Å². The summed E-state index contributed by atoms with van der Waals surface area (Å²) in [6.45, 7) is 0. The standard InChI is InChI=1S/C33H20Cl2N6O2S4/c34-22-3-7-28-26(12-22)40-32(46-28)44-16-30(42)38-24-5-1-18(10-20(24)14-36)9-19-2-6-25(21(11-19)15-37)39-31(43)17-45-33-41-27-13-23(35)4-8-29(27)47-33/h1-8,10-13H,9,16-17H2,(H,38,42)(H,39,43). The fourth-order valence-corrected chi connectivity index (χ4v) is 8.58. The number of amides is 2. The largest absolute Gasteiger partial charge is 0.324 e. The number of thiazole rings is 2. The van der Waals surface area contributed by atoms with Crippen molar-refractivity contribution in [2.75, 3.05) is 22.1 Å². The van der Waals surface area contributed by atoms with Gasteiger partial charge < -0.3 is 10.6 Å². The summed E-state index contributed by atoms with van der Waals surface area (Å²) in [7, 11) is 0. The van der Waals surface area contributed by atoms with Crippen LogP contribution in [0, 0.1) is 22.7 Å². The Morgan fingerprint density at radius 1 is 0.681 bits per heavy atom. The first-order valence-corrected chi connectivity index (χ1v) is 18.2. The van der Waals surface area contributed by atoms with E-state index in [1.165, 1.54) is 46.2 Å². The van der Waals surface area contributed by atoms with Crippen LogP contribution in [0.4, 0.5) is 11.4 Å². The van der Waals surface area contributed by atoms with E-state index in [2.05, 4.69) is 32.7 Å². The van der Waals surface area contributed by atoms with E-state index in [0.717, 1.165) is 40.2 Å². The van der Waals surface area contributed by atoms with Crippen LogP contribution in [0.25, 0.3) is 20.4 Å². The summed E-state index contributed by atoms with van der Waals surface area (Å²) in [6, 6.07) is 25.8. The second-order valence-electron chi connectivity index (χ2n) is 10.0. The summed E-state index contributed by atoms with van der Waals surface area (Å²) in [5.74, 6) is -0.237. The third kappa shape index (κ3) is 8.24. The Labute approximate surface area is 295 Å². The average molecular weight is 732 g/mol. The molecule has 6 rings (SSSR count). The summed E-state index contributed by atoms with van der Waals surface area (Å²) >= 11 is 17.7. The molecule has 0 radical (unpaired) electrons. The molecule has 0 unspecified atom stereocenters. The van der Waals surface area contributed by atoms with E-state index in [1.54, 1.807) is 48.5 Å². The summed E-state index contributed by atoms with van der Waals surface area (Å²) in [6.07, 6.45) is 0.445. The van der Waals surface area contributed by atoms with Gasteiger partial charge in [-0.05, 0) is 78.2 Å². The number of carbonyl (C=O) groups is 2. The topological polar surface area (TPSA) is 132 Å². The van der Waals surface area contributed by atoms with Gasteiger partial charge in [-0.1, -0.05) is 58.9 Å². The van der Waals surface area contributed by atoms with Crippen molar-refractivity contribution in [2.45, 2.75) is 15.1 Å². The minimum absolute atomic E-state index is 0.135. The van der Waals surface area contributed by atoms with Gasteiger partial charge in [0.15, 0.2) is 8.68 Å². The summed E-state index contributed by atoms with van der Waals surface area (Å²) in [5, 5.41) is 26.4. The van der Waals surface area contributed by atoms with E-state index in [9.17, 15) is 20.1 Å². The van der Waals surface area contributed by atoms with Gasteiger partial charge in [0.1, 0.15) is 12.1 Å². The van der Waals surface area contributed by atoms with Crippen LogP contribution in [0.2, 0.25) is 10.0 Å². The SMILES string of the molecule is N#Cc1cc(Cc2ccc(NC(=O)CSc3nc4cc(Cl)ccc4s3)c(C#N)c2)ccc1NC(=O)CSc1nc2cc(Cl)ccc2s1. The molecule has 0 saturated carbocycles. The summed E-state index contributed by atoms with van der Waals surface area (Å²) in [5.41, 5.74) is 4.73. The van der Waals surface area contributed by atoms with E-state index in [1.807, 2.05) is 24.3 Å². The lowest BCUT2D eigenvalue weighted by atomic mass is 10.00. The molecule has 0 saturated heterocycles. The molecule has 4 aromatic carbocycles. The van der Waals surface area contributed by atoms with E-state index in [4.69, 9.17) is 23.2 Å². The highest BCUT2D eigenvalue weighted by Crippen LogP contribution is 2.32. The fourth-order valence-electron chi connectivity index (χ4n) is 4.55. The Kier molecular flexibility index (Phi) is 10.3. The first-order valence-electron chi connectivity index (χ1n) is 13.8. The Morgan fingerprint density at radius 3 is 1.55 bits per heavy atom. The molecule has 2 amide bonds. The number of carbonyl (C=O) groups excluding carboxylic acids is 2. The van der Waals surface area contributed by atoms with Crippen molar-refractivity contribution in [3.05, 3.63) is 105 Å². The number of halogens is 2. The maximum Gasteiger partial charge on any atom is 0.234 e. The molecule has 2 aromatic heterocycles. The molecule has 0 aliphatic heterocycles. The number of aromatic nitrogens is 2. The molecular weight excluding hydrogens is 712 g/mol. The molecule has 2 heterocycles. The Balaban J connectivity index is 1.04. The molecule has 14 heteroatoms. The summed E-state index contributed by atoms with van der Waals surface area (Å²) in [4.78, 5) is 34.4. The number of thioether (sulfide) groups is 2. The number of rotatable bonds is 10. The third-order valence-electron chi connectivity index (χ3n) is 6.68. The highest BCUT2D eigenvalue weighted by atomic mass is 35.5. The van der Waals surface area contributed by atoms with Gasteiger partial charge in [0, 0.05) is 10.0 Å². The minimum Gasteiger partial charge on any atom is -0.324 e. The zero-order valence-electron chi connectivity index (χ0n) is 24.0. The molecule has 8 nitrogen and oxygen atoms in total. The van der Waals surface area contributed by atoms with E-state index < -0.39 is 0 Å². The quantitative estimate of drug-likeness (QED) is 0.134. The molecule has 0 fully saturated rings. The van der Waals surface area contributed by atoms with Gasteiger partial charge in [-0.15, -0.1) is 22.7 Å². The maximum atomic E-state index is 12.7. The molecule has 0 atom stereocenters. The molecule has 47 heavy (non-hydrogen) atoms. The van der Waals surface area contributed by atoms with Crippen molar-refractivity contribution in [1.82, 2.24) is 9.97 Å². The zero-order chi connectivity index (χ0) is 32.9. The predicted molar refractivity (Wildman–Crippen MR) is 193 cm³/mol. The van der Waals surface area contributed by atoms with E-state index in [-0.39, 0.29) is 23.3 Å². The highest BCUT2D eigenvalue weighted by Gasteiger charge is 2.14. The lowest BCUT2D eigenvalue weighted by Crippen LogP contribution is -2.15. The summed E-state index contributed by atoms with van der Waals surface area (Å²) < 4.78 is 3.49. The van der Waals surface area contributed by atoms with Crippen molar-refractivity contribution >= 4 is 113 Å². The molecule has 0 bridgehead atoms. The van der Waals surface area contributed by atoms with Crippen LogP contribution in [0.5, 0.6) is 0 Å². The van der Waals surface area contributed by atoms with Gasteiger partial charge in [0.25, 0.3) is 0 Å². The second-order valence-corrected chi connectivity index (χ2v) is 15.4. The van der Waals surface area contributed by atoms with Gasteiger partial charge in [0.05, 0.1) is 54.4 Å². The van der Waals surface area contributed by atoms with E-state index in [0.29, 0.717) is 39.0 Å². The van der Waals surface area contributed by atoms with Crippen LogP contribution in [0.15, 0.2) is 81.5 Å². The van der Waals surface area contributed by atoms with Gasteiger partial charge >= 0.3 is 0 Å². The van der Waals surface area contributed by atoms with E-state index >= 15 is 0 Å². The third-order valence-corrected chi connectivity index (χ3v) is 11.5. The molecule has 0 aliphatic rings. The number of hydrogen-bond acceptors (Lipinski definition) is 10. The monoisotopic (exact) mass is 730 g/mol. The van der Waals surface area contributed by atoms with Crippen molar-refractivity contribution in [3.8, 4) is 12.1 Å². The zero-order valence-corrected chi connectivity index (χ0v) is 28.8. The molecule has 232 valence electrons. The Morgan fingerprint density at radius 2 is 1.13 bits per heavy atom. The molecule has 0 aliphatic carbocycles. The molecular formula is C33H20Cl2N6O2S4. The Bertz CT molecular complexity index is 2100. The second kappa shape index (κ2) is 14.7. The smallest absolute Gasteiger partial charge is 0.234 e. The first kappa shape index (κ1) is 32.8. The van der Waals surface area contributed by atoms with Crippen LogP contribution in [-0.4, -0.2) is 33.3 Å².